The molecule has 0 unspecified atom stereocenters. The second-order valence-electron chi connectivity index (χ2n) is 2.23. The number of likely N-dealkylation sites (N-methyl/N-ethyl adjacent to an activating group) is 1. The van der Waals surface area contributed by atoms with Crippen LogP contribution in [0.15, 0.2) is 12.2 Å². The monoisotopic (exact) mass is 191 g/mol. The van der Waals surface area contributed by atoms with E-state index in [0.717, 1.165) is 6.54 Å². The van der Waals surface area contributed by atoms with Crippen LogP contribution in [-0.4, -0.2) is 31.5 Å². The molecule has 0 saturated heterocycles. The molecule has 0 amide bonds. The van der Waals surface area contributed by atoms with Crippen LogP contribution >= 0.6 is 11.6 Å². The number of ether oxygens (including phenoxy) is 1. The van der Waals surface area contributed by atoms with Crippen molar-refractivity contribution in [2.24, 2.45) is 0 Å². The molecule has 0 aromatic rings. The summed E-state index contributed by atoms with van der Waals surface area (Å²) in [5.74, 6) is -0.289. The van der Waals surface area contributed by atoms with E-state index in [1.54, 1.807) is 0 Å². The van der Waals surface area contributed by atoms with Crippen molar-refractivity contribution in [3.05, 3.63) is 12.2 Å². The van der Waals surface area contributed by atoms with Crippen LogP contribution in [0, 0.1) is 0 Å². The van der Waals surface area contributed by atoms with E-state index in [0.29, 0.717) is 18.7 Å². The molecule has 0 rings (SSSR count). The minimum Gasteiger partial charge on any atom is -0.461 e. The molecular formula is C8H14ClNO2. The fraction of sp³-hybridized carbons (Fsp3) is 0.625. The highest BCUT2D eigenvalue weighted by Gasteiger charge is 2.05. The molecule has 0 aliphatic heterocycles. The summed E-state index contributed by atoms with van der Waals surface area (Å²) in [6, 6.07) is 0. The number of hydrogen-bond donors (Lipinski definition) is 1. The van der Waals surface area contributed by atoms with Crippen LogP contribution in [0.3, 0.4) is 0 Å². The summed E-state index contributed by atoms with van der Waals surface area (Å²) in [6.07, 6.45) is 0. The molecule has 0 aromatic carbocycles. The molecule has 4 heteroatoms. The van der Waals surface area contributed by atoms with Crippen molar-refractivity contribution in [3.63, 3.8) is 0 Å². The van der Waals surface area contributed by atoms with Gasteiger partial charge in [0.05, 0.1) is 5.88 Å². The fourth-order valence-corrected chi connectivity index (χ4v) is 0.658. The second-order valence-corrected chi connectivity index (χ2v) is 2.49. The van der Waals surface area contributed by atoms with E-state index in [2.05, 4.69) is 11.9 Å². The average Bonchev–Trinajstić information content (AvgIpc) is 2.10. The van der Waals surface area contributed by atoms with E-state index in [9.17, 15) is 4.79 Å². The lowest BCUT2D eigenvalue weighted by atomic mass is 10.4. The van der Waals surface area contributed by atoms with E-state index in [1.165, 1.54) is 0 Å². The smallest absolute Gasteiger partial charge is 0.334 e. The molecule has 0 aromatic heterocycles. The fourth-order valence-electron chi connectivity index (χ4n) is 0.549. The number of esters is 1. The van der Waals surface area contributed by atoms with Crippen molar-refractivity contribution >= 4 is 17.6 Å². The molecule has 0 bridgehead atoms. The van der Waals surface area contributed by atoms with Gasteiger partial charge >= 0.3 is 5.97 Å². The van der Waals surface area contributed by atoms with Crippen LogP contribution in [-0.2, 0) is 9.53 Å². The van der Waals surface area contributed by atoms with Crippen LogP contribution in [0.4, 0.5) is 0 Å². The van der Waals surface area contributed by atoms with E-state index >= 15 is 0 Å². The Kier molecular flexibility index (Phi) is 6.81. The number of carbonyl (C=O) groups is 1. The highest BCUT2D eigenvalue weighted by molar-refractivity contribution is 6.22. The molecule has 1 N–H and O–H groups in total. The molecule has 0 fully saturated rings. The molecule has 0 atom stereocenters. The third-order valence-corrected chi connectivity index (χ3v) is 1.53. The predicted molar refractivity (Wildman–Crippen MR) is 49.4 cm³/mol. The zero-order valence-corrected chi connectivity index (χ0v) is 7.99. The molecule has 12 heavy (non-hydrogen) atoms. The topological polar surface area (TPSA) is 38.3 Å². The molecule has 0 heterocycles. The minimum atomic E-state index is -0.414. The highest BCUT2D eigenvalue weighted by atomic mass is 35.5. The van der Waals surface area contributed by atoms with Crippen LogP contribution in [0.1, 0.15) is 6.92 Å². The number of nitrogens with one attached hydrogen (secondary N) is 1. The zero-order valence-electron chi connectivity index (χ0n) is 7.23. The SMILES string of the molecule is C=C(CCl)C(=O)OCCNCC. The third-order valence-electron chi connectivity index (χ3n) is 1.21. The normalized spacial score (nSPS) is 9.50. The molecule has 0 aliphatic rings. The summed E-state index contributed by atoms with van der Waals surface area (Å²) in [7, 11) is 0. The summed E-state index contributed by atoms with van der Waals surface area (Å²) in [5, 5.41) is 3.02. The lowest BCUT2D eigenvalue weighted by Crippen LogP contribution is -2.21. The quantitative estimate of drug-likeness (QED) is 0.294. The Labute approximate surface area is 77.7 Å². The van der Waals surface area contributed by atoms with Gasteiger partial charge in [0, 0.05) is 12.1 Å². The lowest BCUT2D eigenvalue weighted by Gasteiger charge is -2.04. The van der Waals surface area contributed by atoms with Crippen LogP contribution in [0.25, 0.3) is 0 Å². The first kappa shape index (κ1) is 11.5. The van der Waals surface area contributed by atoms with Crippen LogP contribution in [0.5, 0.6) is 0 Å². The standard InChI is InChI=1S/C8H14ClNO2/c1-3-10-4-5-12-8(11)7(2)6-9/h10H,2-6H2,1H3. The first-order chi connectivity index (χ1) is 5.72. The molecule has 0 spiro atoms. The van der Waals surface area contributed by atoms with Crippen LogP contribution < -0.4 is 5.32 Å². The number of halogens is 1. The van der Waals surface area contributed by atoms with Gasteiger partial charge in [0.2, 0.25) is 0 Å². The summed E-state index contributed by atoms with van der Waals surface area (Å²) < 4.78 is 4.81. The summed E-state index contributed by atoms with van der Waals surface area (Å²) in [6.45, 7) is 7.33. The molecule has 0 aliphatic carbocycles. The van der Waals surface area contributed by atoms with E-state index in [4.69, 9.17) is 16.3 Å². The largest absolute Gasteiger partial charge is 0.461 e. The van der Waals surface area contributed by atoms with E-state index in [1.807, 2.05) is 6.92 Å². The first-order valence-electron chi connectivity index (χ1n) is 3.84. The Morgan fingerprint density at radius 1 is 1.67 bits per heavy atom. The van der Waals surface area contributed by atoms with Gasteiger partial charge < -0.3 is 10.1 Å². The molecule has 0 saturated carbocycles. The van der Waals surface area contributed by atoms with Crippen LogP contribution in [0.2, 0.25) is 0 Å². The van der Waals surface area contributed by atoms with Crippen molar-refractivity contribution in [2.75, 3.05) is 25.6 Å². The average molecular weight is 192 g/mol. The Hall–Kier alpha value is -0.540. The third kappa shape index (κ3) is 5.16. The van der Waals surface area contributed by atoms with Gasteiger partial charge in [0.25, 0.3) is 0 Å². The van der Waals surface area contributed by atoms with E-state index in [-0.39, 0.29) is 5.88 Å². The molecule has 0 radical (unpaired) electrons. The summed E-state index contributed by atoms with van der Waals surface area (Å²) >= 11 is 5.37. The predicted octanol–water partition coefficient (Wildman–Crippen LogP) is 0.934. The van der Waals surface area contributed by atoms with Gasteiger partial charge in [-0.2, -0.15) is 0 Å². The number of alkyl halides is 1. The van der Waals surface area contributed by atoms with Crippen molar-refractivity contribution in [2.45, 2.75) is 6.92 Å². The van der Waals surface area contributed by atoms with Gasteiger partial charge in [0.15, 0.2) is 0 Å². The Morgan fingerprint density at radius 3 is 2.83 bits per heavy atom. The van der Waals surface area contributed by atoms with Crippen molar-refractivity contribution in [1.82, 2.24) is 5.32 Å². The maximum Gasteiger partial charge on any atom is 0.334 e. The second kappa shape index (κ2) is 7.13. The van der Waals surface area contributed by atoms with Gasteiger partial charge in [-0.15, -0.1) is 11.6 Å². The van der Waals surface area contributed by atoms with Gasteiger partial charge in [0.1, 0.15) is 6.61 Å². The number of hydrogen-bond acceptors (Lipinski definition) is 3. The lowest BCUT2D eigenvalue weighted by molar-refractivity contribution is -0.138. The van der Waals surface area contributed by atoms with Gasteiger partial charge in [-0.3, -0.25) is 0 Å². The summed E-state index contributed by atoms with van der Waals surface area (Å²) in [4.78, 5) is 10.9. The van der Waals surface area contributed by atoms with Gasteiger partial charge in [-0.05, 0) is 6.54 Å². The van der Waals surface area contributed by atoms with Gasteiger partial charge in [-0.1, -0.05) is 13.5 Å². The Balaban J connectivity index is 3.38. The minimum absolute atomic E-state index is 0.125. The Bertz CT molecular complexity index is 159. The maximum absolute atomic E-state index is 10.9. The number of carbonyl (C=O) groups excluding carboxylic acids is 1. The van der Waals surface area contributed by atoms with E-state index < -0.39 is 5.97 Å². The maximum atomic E-state index is 10.9. The van der Waals surface area contributed by atoms with Crippen molar-refractivity contribution in [3.8, 4) is 0 Å². The van der Waals surface area contributed by atoms with Crippen molar-refractivity contribution in [1.29, 1.82) is 0 Å². The highest BCUT2D eigenvalue weighted by Crippen LogP contribution is 1.96. The summed E-state index contributed by atoms with van der Waals surface area (Å²) in [5.41, 5.74) is 0.299. The van der Waals surface area contributed by atoms with Gasteiger partial charge in [-0.25, -0.2) is 4.79 Å². The molecule has 70 valence electrons. The zero-order chi connectivity index (χ0) is 9.40. The Morgan fingerprint density at radius 2 is 2.33 bits per heavy atom. The number of rotatable bonds is 6. The molecular weight excluding hydrogens is 178 g/mol. The first-order valence-corrected chi connectivity index (χ1v) is 4.37. The van der Waals surface area contributed by atoms with Crippen molar-refractivity contribution < 1.29 is 9.53 Å². The molecule has 3 nitrogen and oxygen atoms in total.